The molecule has 0 aliphatic rings. The van der Waals surface area contributed by atoms with E-state index < -0.39 is 0 Å². The van der Waals surface area contributed by atoms with E-state index in [2.05, 4.69) is 53.4 Å². The third-order valence-electron chi connectivity index (χ3n) is 3.19. The zero-order valence-corrected chi connectivity index (χ0v) is 13.4. The van der Waals surface area contributed by atoms with Crippen LogP contribution in [-0.2, 0) is 13.1 Å². The third-order valence-corrected chi connectivity index (χ3v) is 3.53. The predicted octanol–water partition coefficient (Wildman–Crippen LogP) is 4.19. The van der Waals surface area contributed by atoms with Gasteiger partial charge in [0.15, 0.2) is 0 Å². The Morgan fingerprint density at radius 2 is 1.86 bits per heavy atom. The lowest BCUT2D eigenvalue weighted by atomic mass is 10.2. The molecule has 3 nitrogen and oxygen atoms in total. The molecule has 21 heavy (non-hydrogen) atoms. The molecule has 0 aliphatic carbocycles. The fraction of sp³-hybridized carbons (Fsp3) is 0.353. The van der Waals surface area contributed by atoms with E-state index in [0.29, 0.717) is 0 Å². The molecular formula is C17H22ClN3. The van der Waals surface area contributed by atoms with Crippen LogP contribution in [-0.4, -0.2) is 23.5 Å². The van der Waals surface area contributed by atoms with Crippen molar-refractivity contribution in [2.24, 2.45) is 0 Å². The van der Waals surface area contributed by atoms with Gasteiger partial charge in [-0.15, -0.1) is 0 Å². The molecule has 2 rings (SSSR count). The summed E-state index contributed by atoms with van der Waals surface area (Å²) in [6, 6.07) is 14.3. The summed E-state index contributed by atoms with van der Waals surface area (Å²) in [7, 11) is 2.08. The SMILES string of the molecule is CCCNc1ccc(Cl)c(CN(C)Cc2ccccc2)n1. The quantitative estimate of drug-likeness (QED) is 0.831. The second-order valence-electron chi connectivity index (χ2n) is 5.21. The fourth-order valence-corrected chi connectivity index (χ4v) is 2.32. The average molecular weight is 304 g/mol. The van der Waals surface area contributed by atoms with Crippen LogP contribution in [0.1, 0.15) is 24.6 Å². The topological polar surface area (TPSA) is 28.2 Å². The maximum absolute atomic E-state index is 6.26. The van der Waals surface area contributed by atoms with Gasteiger partial charge in [-0.25, -0.2) is 4.98 Å². The Labute approximate surface area is 132 Å². The molecule has 1 aromatic carbocycles. The lowest BCUT2D eigenvalue weighted by molar-refractivity contribution is 0.315. The number of anilines is 1. The molecule has 2 aromatic rings. The van der Waals surface area contributed by atoms with Gasteiger partial charge in [-0.05, 0) is 31.2 Å². The standard InChI is InChI=1S/C17H22ClN3/c1-3-11-19-17-10-9-15(18)16(20-17)13-21(2)12-14-7-5-4-6-8-14/h4-10H,3,11-13H2,1-2H3,(H,19,20). The highest BCUT2D eigenvalue weighted by Crippen LogP contribution is 2.19. The van der Waals surface area contributed by atoms with Gasteiger partial charge in [0.05, 0.1) is 10.7 Å². The van der Waals surface area contributed by atoms with Gasteiger partial charge >= 0.3 is 0 Å². The van der Waals surface area contributed by atoms with E-state index >= 15 is 0 Å². The predicted molar refractivity (Wildman–Crippen MR) is 89.6 cm³/mol. The van der Waals surface area contributed by atoms with Gasteiger partial charge in [-0.1, -0.05) is 48.9 Å². The number of halogens is 1. The van der Waals surface area contributed by atoms with Crippen molar-refractivity contribution in [1.29, 1.82) is 0 Å². The van der Waals surface area contributed by atoms with Crippen molar-refractivity contribution in [1.82, 2.24) is 9.88 Å². The smallest absolute Gasteiger partial charge is 0.126 e. The molecule has 1 N–H and O–H groups in total. The molecule has 0 spiro atoms. The fourth-order valence-electron chi connectivity index (χ4n) is 2.15. The molecule has 0 fully saturated rings. The summed E-state index contributed by atoms with van der Waals surface area (Å²) in [6.45, 7) is 4.67. The van der Waals surface area contributed by atoms with E-state index in [9.17, 15) is 0 Å². The summed E-state index contributed by atoms with van der Waals surface area (Å²) in [5.74, 6) is 0.893. The molecule has 1 heterocycles. The summed E-state index contributed by atoms with van der Waals surface area (Å²) in [4.78, 5) is 6.82. The summed E-state index contributed by atoms with van der Waals surface area (Å²) in [5, 5.41) is 4.02. The van der Waals surface area contributed by atoms with Gasteiger partial charge in [0, 0.05) is 19.6 Å². The lowest BCUT2D eigenvalue weighted by Gasteiger charge is -2.17. The number of pyridine rings is 1. The molecule has 1 aromatic heterocycles. The first-order chi connectivity index (χ1) is 10.2. The van der Waals surface area contributed by atoms with Gasteiger partial charge in [-0.3, -0.25) is 4.90 Å². The van der Waals surface area contributed by atoms with E-state index in [-0.39, 0.29) is 0 Å². The molecule has 0 saturated carbocycles. The van der Waals surface area contributed by atoms with Crippen molar-refractivity contribution in [2.45, 2.75) is 26.4 Å². The Balaban J connectivity index is 2.00. The highest BCUT2D eigenvalue weighted by atomic mass is 35.5. The highest BCUT2D eigenvalue weighted by Gasteiger charge is 2.08. The van der Waals surface area contributed by atoms with Gasteiger partial charge in [0.25, 0.3) is 0 Å². The van der Waals surface area contributed by atoms with Crippen LogP contribution in [0.5, 0.6) is 0 Å². The minimum atomic E-state index is 0.719. The number of aromatic nitrogens is 1. The van der Waals surface area contributed by atoms with E-state index in [1.54, 1.807) is 0 Å². The van der Waals surface area contributed by atoms with Crippen molar-refractivity contribution < 1.29 is 0 Å². The molecule has 0 bridgehead atoms. The number of hydrogen-bond acceptors (Lipinski definition) is 3. The van der Waals surface area contributed by atoms with Crippen LogP contribution < -0.4 is 5.32 Å². The van der Waals surface area contributed by atoms with Crippen LogP contribution in [0.2, 0.25) is 5.02 Å². The molecule has 0 aliphatic heterocycles. The lowest BCUT2D eigenvalue weighted by Crippen LogP contribution is -2.18. The first kappa shape index (κ1) is 15.8. The van der Waals surface area contributed by atoms with Crippen molar-refractivity contribution in [3.8, 4) is 0 Å². The Kier molecular flexibility index (Phi) is 6.03. The Morgan fingerprint density at radius 3 is 2.57 bits per heavy atom. The minimum Gasteiger partial charge on any atom is -0.370 e. The van der Waals surface area contributed by atoms with Crippen molar-refractivity contribution in [3.63, 3.8) is 0 Å². The van der Waals surface area contributed by atoms with Gasteiger partial charge in [0.1, 0.15) is 5.82 Å². The summed E-state index contributed by atoms with van der Waals surface area (Å²) in [6.07, 6.45) is 1.08. The molecule has 0 radical (unpaired) electrons. The van der Waals surface area contributed by atoms with Crippen molar-refractivity contribution in [2.75, 3.05) is 18.9 Å². The number of hydrogen-bond donors (Lipinski definition) is 1. The normalized spacial score (nSPS) is 10.9. The van der Waals surface area contributed by atoms with Crippen LogP contribution in [0.3, 0.4) is 0 Å². The average Bonchev–Trinajstić information content (AvgIpc) is 2.49. The number of rotatable bonds is 7. The highest BCUT2D eigenvalue weighted by molar-refractivity contribution is 6.31. The van der Waals surface area contributed by atoms with E-state index in [0.717, 1.165) is 42.6 Å². The van der Waals surface area contributed by atoms with Gasteiger partial charge < -0.3 is 5.32 Å². The number of nitrogens with zero attached hydrogens (tertiary/aromatic N) is 2. The number of nitrogens with one attached hydrogen (secondary N) is 1. The molecule has 4 heteroatoms. The summed E-state index contributed by atoms with van der Waals surface area (Å²) in [5.41, 5.74) is 2.20. The van der Waals surface area contributed by atoms with E-state index in [1.807, 2.05) is 18.2 Å². The molecular weight excluding hydrogens is 282 g/mol. The van der Waals surface area contributed by atoms with E-state index in [1.165, 1.54) is 5.56 Å². The molecule has 112 valence electrons. The van der Waals surface area contributed by atoms with E-state index in [4.69, 9.17) is 11.6 Å². The molecule has 0 unspecified atom stereocenters. The molecule has 0 saturated heterocycles. The van der Waals surface area contributed by atoms with Crippen LogP contribution in [0.25, 0.3) is 0 Å². The van der Waals surface area contributed by atoms with Crippen LogP contribution in [0, 0.1) is 0 Å². The van der Waals surface area contributed by atoms with Crippen LogP contribution in [0.4, 0.5) is 5.82 Å². The first-order valence-corrected chi connectivity index (χ1v) is 7.68. The molecule has 0 amide bonds. The third kappa shape index (κ3) is 5.03. The Bertz CT molecular complexity index is 557. The van der Waals surface area contributed by atoms with Crippen LogP contribution in [0.15, 0.2) is 42.5 Å². The maximum atomic E-state index is 6.26. The first-order valence-electron chi connectivity index (χ1n) is 7.30. The molecule has 0 atom stereocenters. The summed E-state index contributed by atoms with van der Waals surface area (Å²) < 4.78 is 0. The Morgan fingerprint density at radius 1 is 1.10 bits per heavy atom. The van der Waals surface area contributed by atoms with Gasteiger partial charge in [0.2, 0.25) is 0 Å². The monoisotopic (exact) mass is 303 g/mol. The summed E-state index contributed by atoms with van der Waals surface area (Å²) >= 11 is 6.26. The van der Waals surface area contributed by atoms with Crippen LogP contribution >= 0.6 is 11.6 Å². The van der Waals surface area contributed by atoms with Crippen molar-refractivity contribution >= 4 is 17.4 Å². The minimum absolute atomic E-state index is 0.719. The maximum Gasteiger partial charge on any atom is 0.126 e. The number of benzene rings is 1. The second-order valence-corrected chi connectivity index (χ2v) is 5.62. The largest absolute Gasteiger partial charge is 0.370 e. The second kappa shape index (κ2) is 8.01. The zero-order chi connectivity index (χ0) is 15.1. The van der Waals surface area contributed by atoms with Crippen molar-refractivity contribution in [3.05, 3.63) is 58.7 Å². The van der Waals surface area contributed by atoms with Gasteiger partial charge in [-0.2, -0.15) is 0 Å². The zero-order valence-electron chi connectivity index (χ0n) is 12.6. The Hall–Kier alpha value is -1.58.